The highest BCUT2D eigenvalue weighted by Gasteiger charge is 2.24. The van der Waals surface area contributed by atoms with Crippen molar-refractivity contribution in [1.82, 2.24) is 0 Å². The molecule has 4 heteroatoms. The van der Waals surface area contributed by atoms with Gasteiger partial charge >= 0.3 is 0 Å². The van der Waals surface area contributed by atoms with E-state index in [0.717, 1.165) is 0 Å². The number of hydrogen-bond donors (Lipinski definition) is 1. The summed E-state index contributed by atoms with van der Waals surface area (Å²) in [6.45, 7) is 15.0. The lowest BCUT2D eigenvalue weighted by molar-refractivity contribution is -0.929. The molecule has 0 unspecified atom stereocenters. The lowest BCUT2D eigenvalue weighted by atomic mass is 10.1. The topological polar surface area (TPSA) is 37.3 Å². The van der Waals surface area contributed by atoms with Gasteiger partial charge in [-0.1, -0.05) is 65.5 Å². The predicted molar refractivity (Wildman–Crippen MR) is 119 cm³/mol. The van der Waals surface area contributed by atoms with E-state index in [2.05, 4.69) is 40.3 Å². The van der Waals surface area contributed by atoms with Crippen molar-refractivity contribution < 1.29 is 14.4 Å². The molecule has 1 aromatic rings. The highest BCUT2D eigenvalue weighted by molar-refractivity contribution is 7.77. The number of phenols is 1. The van der Waals surface area contributed by atoms with E-state index in [1.165, 1.54) is 94.2 Å². The summed E-state index contributed by atoms with van der Waals surface area (Å²) in [5.74, 6) is -0.0532. The first-order chi connectivity index (χ1) is 13.0. The average Bonchev–Trinajstić information content (AvgIpc) is 2.67. The lowest BCUT2D eigenvalue weighted by Gasteiger charge is -2.39. The zero-order chi connectivity index (χ0) is 20.5. The second-order valence-electron chi connectivity index (χ2n) is 7.45. The second kappa shape index (κ2) is 15.9. The zero-order valence-corrected chi connectivity index (χ0v) is 18.8. The molecule has 27 heavy (non-hydrogen) atoms. The van der Waals surface area contributed by atoms with E-state index in [4.69, 9.17) is 5.11 Å². The van der Waals surface area contributed by atoms with Crippen LogP contribution in [0.3, 0.4) is 0 Å². The summed E-state index contributed by atoms with van der Waals surface area (Å²) in [7, 11) is 0. The van der Waals surface area contributed by atoms with Crippen LogP contribution in [0.5, 0.6) is 5.75 Å². The molecule has 156 valence electrons. The number of para-hydroxylation sites is 1. The van der Waals surface area contributed by atoms with Crippen LogP contribution in [0.25, 0.3) is 0 Å². The van der Waals surface area contributed by atoms with E-state index < -0.39 is 5.12 Å². The average molecular weight is 396 g/mol. The molecular formula is C23H41NO2S. The second-order valence-corrected chi connectivity index (χ2v) is 7.83. The molecule has 0 aliphatic carbocycles. The molecular weight excluding hydrogens is 354 g/mol. The summed E-state index contributed by atoms with van der Waals surface area (Å²) in [5.41, 5.74) is 0.192. The maximum Gasteiger partial charge on any atom is 0.124 e. The smallest absolute Gasteiger partial charge is 0.124 e. The Morgan fingerprint density at radius 2 is 1.19 bits per heavy atom. The van der Waals surface area contributed by atoms with Crippen LogP contribution < -0.4 is 0 Å². The van der Waals surface area contributed by atoms with Crippen LogP contribution in [0.2, 0.25) is 0 Å². The van der Waals surface area contributed by atoms with E-state index in [-0.39, 0.29) is 11.3 Å². The molecule has 0 spiro atoms. The van der Waals surface area contributed by atoms with E-state index in [0.29, 0.717) is 0 Å². The molecule has 1 N–H and O–H groups in total. The quantitative estimate of drug-likeness (QED) is 0.325. The van der Waals surface area contributed by atoms with Crippen LogP contribution >= 0.6 is 0 Å². The summed E-state index contributed by atoms with van der Waals surface area (Å²) in [6, 6.07) is 6.21. The van der Waals surface area contributed by atoms with Gasteiger partial charge in [0.05, 0.1) is 26.2 Å². The maximum absolute atomic E-state index is 10.5. The monoisotopic (exact) mass is 395 g/mol. The van der Waals surface area contributed by atoms with Crippen LogP contribution in [0, 0.1) is 0 Å². The number of rotatable bonds is 13. The van der Waals surface area contributed by atoms with Crippen LogP contribution in [0.15, 0.2) is 24.3 Å². The lowest BCUT2D eigenvalue weighted by Crippen LogP contribution is -2.50. The Hall–Kier alpha value is -1.13. The Morgan fingerprint density at radius 1 is 0.815 bits per heavy atom. The predicted octanol–water partition coefficient (Wildman–Crippen LogP) is 6.08. The Kier molecular flexibility index (Phi) is 15.2. The van der Waals surface area contributed by atoms with Crippen molar-refractivity contribution in [3.63, 3.8) is 0 Å². The number of carbonyl (C=O) groups is 1. The minimum Gasteiger partial charge on any atom is -0.737 e. The third kappa shape index (κ3) is 11.3. The third-order valence-corrected chi connectivity index (χ3v) is 5.29. The molecule has 0 bridgehead atoms. The Balaban J connectivity index is 0.000000569. The first kappa shape index (κ1) is 25.9. The largest absolute Gasteiger partial charge is 0.737 e. The van der Waals surface area contributed by atoms with E-state index in [9.17, 15) is 4.79 Å². The fourth-order valence-electron chi connectivity index (χ4n) is 3.29. The number of benzene rings is 1. The number of aromatic hydroxyl groups is 1. The van der Waals surface area contributed by atoms with E-state index >= 15 is 0 Å². The van der Waals surface area contributed by atoms with Gasteiger partial charge in [-0.15, -0.1) is 0 Å². The molecule has 0 aliphatic heterocycles. The Bertz CT molecular complexity index is 467. The zero-order valence-electron chi connectivity index (χ0n) is 18.0. The first-order valence-electron chi connectivity index (χ1n) is 10.8. The Morgan fingerprint density at radius 3 is 1.44 bits per heavy atom. The van der Waals surface area contributed by atoms with Gasteiger partial charge in [-0.2, -0.15) is 0 Å². The van der Waals surface area contributed by atoms with Gasteiger partial charge in [0, 0.05) is 10.7 Å². The molecule has 0 aliphatic rings. The van der Waals surface area contributed by atoms with Gasteiger partial charge in [-0.25, -0.2) is 0 Å². The van der Waals surface area contributed by atoms with Crippen molar-refractivity contribution in [2.45, 2.75) is 79.1 Å². The molecule has 0 amide bonds. The van der Waals surface area contributed by atoms with Gasteiger partial charge < -0.3 is 27.0 Å². The summed E-state index contributed by atoms with van der Waals surface area (Å²) >= 11 is 4.33. The summed E-state index contributed by atoms with van der Waals surface area (Å²) in [5, 5.41) is 8.46. The fourth-order valence-corrected chi connectivity index (χ4v) is 3.46. The van der Waals surface area contributed by atoms with E-state index in [1.54, 1.807) is 12.1 Å². The molecule has 0 aromatic heterocycles. The first-order valence-corrected chi connectivity index (χ1v) is 11.2. The molecule has 0 saturated heterocycles. The molecule has 1 rings (SSSR count). The highest BCUT2D eigenvalue weighted by Crippen LogP contribution is 2.16. The van der Waals surface area contributed by atoms with Crippen molar-refractivity contribution in [3.05, 3.63) is 29.8 Å². The van der Waals surface area contributed by atoms with Crippen molar-refractivity contribution >= 4 is 17.7 Å². The highest BCUT2D eigenvalue weighted by atomic mass is 32.1. The third-order valence-electron chi connectivity index (χ3n) is 5.07. The van der Waals surface area contributed by atoms with Gasteiger partial charge in [0.25, 0.3) is 0 Å². The van der Waals surface area contributed by atoms with Gasteiger partial charge in [0.15, 0.2) is 0 Å². The molecule has 0 radical (unpaired) electrons. The van der Waals surface area contributed by atoms with Gasteiger partial charge in [0.1, 0.15) is 5.75 Å². The number of quaternary nitrogens is 1. The minimum atomic E-state index is -0.530. The maximum atomic E-state index is 10.5. The molecule has 3 nitrogen and oxygen atoms in total. The number of phenolic OH excluding ortho intramolecular Hbond substituents is 1. The van der Waals surface area contributed by atoms with Crippen LogP contribution in [-0.4, -0.2) is 40.9 Å². The Labute approximate surface area is 173 Å². The molecule has 0 heterocycles. The molecule has 1 aromatic carbocycles. The normalized spacial score (nSPS) is 11.0. The van der Waals surface area contributed by atoms with Crippen molar-refractivity contribution in [3.8, 4) is 5.75 Å². The van der Waals surface area contributed by atoms with E-state index in [1.807, 2.05) is 0 Å². The standard InChI is InChI=1S/C16H36N.C7H6O2S/c1-5-9-13-17(14-10-6-2,15-11-7-3)16-12-8-4;8-6-4-2-1-3-5(6)7(9)10/h5-16H2,1-4H3;1-4,8H,(H,9,10)/q+1;/p-1. The number of unbranched alkanes of at least 4 members (excludes halogenated alkanes) is 4. The minimum absolute atomic E-state index is 0.0532. The van der Waals surface area contributed by atoms with Crippen molar-refractivity contribution in [1.29, 1.82) is 0 Å². The van der Waals surface area contributed by atoms with Crippen molar-refractivity contribution in [2.75, 3.05) is 26.2 Å². The summed E-state index contributed by atoms with van der Waals surface area (Å²) in [6.07, 6.45) is 11.1. The molecule has 0 fully saturated rings. The summed E-state index contributed by atoms with van der Waals surface area (Å²) in [4.78, 5) is 10.5. The number of nitrogens with zero attached hydrogens (tertiary/aromatic N) is 1. The van der Waals surface area contributed by atoms with Gasteiger partial charge in [-0.3, -0.25) is 0 Å². The molecule has 0 saturated carbocycles. The van der Waals surface area contributed by atoms with Gasteiger partial charge in [0.2, 0.25) is 0 Å². The SMILES string of the molecule is CCCC[N+](CCCC)(CCCC)CCCC.O=C([S-])c1ccccc1O. The molecule has 0 atom stereocenters. The number of carbonyl (C=O) groups excluding carboxylic acids is 1. The number of hydrogen-bond acceptors (Lipinski definition) is 3. The van der Waals surface area contributed by atoms with Gasteiger partial charge in [-0.05, 0) is 37.8 Å². The van der Waals surface area contributed by atoms with Crippen molar-refractivity contribution in [2.24, 2.45) is 0 Å². The summed E-state index contributed by atoms with van der Waals surface area (Å²) < 4.78 is 1.42. The fraction of sp³-hybridized carbons (Fsp3) is 0.696. The van der Waals surface area contributed by atoms with Crippen LogP contribution in [-0.2, 0) is 12.6 Å². The van der Waals surface area contributed by atoms with Crippen LogP contribution in [0.1, 0.15) is 89.4 Å². The van der Waals surface area contributed by atoms with Crippen LogP contribution in [0.4, 0.5) is 0 Å².